The van der Waals surface area contributed by atoms with Crippen LogP contribution in [0.3, 0.4) is 0 Å². The van der Waals surface area contributed by atoms with Crippen LogP contribution in [0, 0.1) is 13.8 Å². The third kappa shape index (κ3) is 1.99. The van der Waals surface area contributed by atoms with Gasteiger partial charge in [-0.05, 0) is 31.0 Å². The summed E-state index contributed by atoms with van der Waals surface area (Å²) in [6.45, 7) is 3.94. The summed E-state index contributed by atoms with van der Waals surface area (Å²) in [6, 6.07) is 5.49. The Hall–Kier alpha value is -1.51. The number of anilines is 1. The lowest BCUT2D eigenvalue weighted by Gasteiger charge is -2.17. The van der Waals surface area contributed by atoms with E-state index in [0.29, 0.717) is 0 Å². The predicted octanol–water partition coefficient (Wildman–Crippen LogP) is 1.82. The minimum atomic E-state index is -0.436. The molecule has 0 aliphatic heterocycles. The molecule has 0 fully saturated rings. The molecule has 3 nitrogen and oxygen atoms in total. The number of benzene rings is 1. The number of hydrogen-bond acceptors (Lipinski definition) is 1. The largest absolute Gasteiger partial charge is 0.351 e. The number of carbonyl (C=O) groups is 1. The molecule has 0 aliphatic carbocycles. The second kappa shape index (κ2) is 3.47. The van der Waals surface area contributed by atoms with Crippen molar-refractivity contribution in [3.05, 3.63) is 29.3 Å². The number of amides is 2. The number of urea groups is 1. The summed E-state index contributed by atoms with van der Waals surface area (Å²) in [5.74, 6) is 0. The molecule has 2 N–H and O–H groups in total. The van der Waals surface area contributed by atoms with Crippen LogP contribution in [0.1, 0.15) is 11.1 Å². The fourth-order valence-corrected chi connectivity index (χ4v) is 1.20. The normalized spacial score (nSPS) is 9.77. The average molecular weight is 178 g/mol. The van der Waals surface area contributed by atoms with E-state index in [2.05, 4.69) is 0 Å². The molecule has 0 aromatic heterocycles. The number of nitrogens with two attached hydrogens (primary N) is 1. The average Bonchev–Trinajstić information content (AvgIpc) is 2.08. The topological polar surface area (TPSA) is 46.3 Å². The van der Waals surface area contributed by atoms with Crippen LogP contribution in [0.4, 0.5) is 10.5 Å². The van der Waals surface area contributed by atoms with Gasteiger partial charge in [0.25, 0.3) is 0 Å². The van der Waals surface area contributed by atoms with Crippen LogP contribution in [0.5, 0.6) is 0 Å². The zero-order valence-corrected chi connectivity index (χ0v) is 8.16. The van der Waals surface area contributed by atoms with Gasteiger partial charge in [-0.3, -0.25) is 4.90 Å². The quantitative estimate of drug-likeness (QED) is 0.700. The third-order valence-electron chi connectivity index (χ3n) is 2.06. The van der Waals surface area contributed by atoms with Gasteiger partial charge in [0.1, 0.15) is 0 Å². The summed E-state index contributed by atoms with van der Waals surface area (Å²) in [4.78, 5) is 12.4. The molecular weight excluding hydrogens is 164 g/mol. The van der Waals surface area contributed by atoms with Crippen LogP contribution in [0.2, 0.25) is 0 Å². The van der Waals surface area contributed by atoms with E-state index in [0.717, 1.165) is 16.8 Å². The van der Waals surface area contributed by atoms with Crippen molar-refractivity contribution >= 4 is 11.7 Å². The van der Waals surface area contributed by atoms with Crippen molar-refractivity contribution in [2.75, 3.05) is 11.9 Å². The first-order valence-corrected chi connectivity index (χ1v) is 4.13. The van der Waals surface area contributed by atoms with Gasteiger partial charge in [0.05, 0.1) is 0 Å². The van der Waals surface area contributed by atoms with Gasteiger partial charge in [0.15, 0.2) is 0 Å². The molecule has 0 bridgehead atoms. The highest BCUT2D eigenvalue weighted by Gasteiger charge is 2.08. The molecule has 1 rings (SSSR count). The second-order valence-electron chi connectivity index (χ2n) is 3.19. The summed E-state index contributed by atoms with van der Waals surface area (Å²) >= 11 is 0. The van der Waals surface area contributed by atoms with E-state index >= 15 is 0 Å². The van der Waals surface area contributed by atoms with Crippen molar-refractivity contribution in [1.29, 1.82) is 0 Å². The molecule has 2 amide bonds. The molecule has 0 unspecified atom stereocenters. The Labute approximate surface area is 78.2 Å². The summed E-state index contributed by atoms with van der Waals surface area (Å²) in [5, 5.41) is 0. The molecule has 0 radical (unpaired) electrons. The maximum absolute atomic E-state index is 10.9. The van der Waals surface area contributed by atoms with Crippen molar-refractivity contribution in [1.82, 2.24) is 0 Å². The van der Waals surface area contributed by atoms with Gasteiger partial charge in [-0.15, -0.1) is 0 Å². The van der Waals surface area contributed by atoms with Crippen LogP contribution in [0.25, 0.3) is 0 Å². The fraction of sp³-hybridized carbons (Fsp3) is 0.300. The molecule has 70 valence electrons. The Bertz CT molecular complexity index is 334. The Morgan fingerprint density at radius 3 is 2.54 bits per heavy atom. The maximum Gasteiger partial charge on any atom is 0.319 e. The Morgan fingerprint density at radius 1 is 1.38 bits per heavy atom. The molecule has 3 heteroatoms. The number of primary amides is 1. The van der Waals surface area contributed by atoms with E-state index in [9.17, 15) is 4.79 Å². The maximum atomic E-state index is 10.9. The predicted molar refractivity (Wildman–Crippen MR) is 53.9 cm³/mol. The van der Waals surface area contributed by atoms with Crippen molar-refractivity contribution in [2.24, 2.45) is 5.73 Å². The zero-order chi connectivity index (χ0) is 10.0. The second-order valence-corrected chi connectivity index (χ2v) is 3.19. The van der Waals surface area contributed by atoms with E-state index in [1.54, 1.807) is 7.05 Å². The molecule has 13 heavy (non-hydrogen) atoms. The summed E-state index contributed by atoms with van der Waals surface area (Å²) in [6.07, 6.45) is 0. The molecule has 1 aromatic carbocycles. The SMILES string of the molecule is Cc1ccc(C)c(N(C)C(N)=O)c1. The summed E-state index contributed by atoms with van der Waals surface area (Å²) in [5.41, 5.74) is 8.21. The third-order valence-corrected chi connectivity index (χ3v) is 2.06. The van der Waals surface area contributed by atoms with Gasteiger partial charge in [0.2, 0.25) is 0 Å². The van der Waals surface area contributed by atoms with Gasteiger partial charge in [-0.25, -0.2) is 4.79 Å². The van der Waals surface area contributed by atoms with Gasteiger partial charge in [0, 0.05) is 12.7 Å². The first-order chi connectivity index (χ1) is 6.02. The number of rotatable bonds is 1. The molecule has 0 aliphatic rings. The van der Waals surface area contributed by atoms with Gasteiger partial charge in [-0.2, -0.15) is 0 Å². The number of aryl methyl sites for hydroxylation is 2. The highest BCUT2D eigenvalue weighted by atomic mass is 16.2. The molecule has 0 atom stereocenters. The van der Waals surface area contributed by atoms with Crippen LogP contribution in [0.15, 0.2) is 18.2 Å². The standard InChI is InChI=1S/C10H14N2O/c1-7-4-5-8(2)9(6-7)12(3)10(11)13/h4-6H,1-3H3,(H2,11,13). The molecular formula is C10H14N2O. The molecule has 0 saturated heterocycles. The van der Waals surface area contributed by atoms with Crippen molar-refractivity contribution < 1.29 is 4.79 Å². The zero-order valence-electron chi connectivity index (χ0n) is 8.16. The van der Waals surface area contributed by atoms with Crippen LogP contribution in [-0.2, 0) is 0 Å². The smallest absolute Gasteiger partial charge is 0.319 e. The highest BCUT2D eigenvalue weighted by Crippen LogP contribution is 2.19. The number of carbonyl (C=O) groups excluding carboxylic acids is 1. The first-order valence-electron chi connectivity index (χ1n) is 4.13. The Kier molecular flexibility index (Phi) is 2.56. The Morgan fingerprint density at radius 2 is 2.00 bits per heavy atom. The number of hydrogen-bond donors (Lipinski definition) is 1. The van der Waals surface area contributed by atoms with Crippen LogP contribution < -0.4 is 10.6 Å². The van der Waals surface area contributed by atoms with Crippen molar-refractivity contribution in [2.45, 2.75) is 13.8 Å². The summed E-state index contributed by atoms with van der Waals surface area (Å²) < 4.78 is 0. The Balaban J connectivity index is 3.12. The van der Waals surface area contributed by atoms with Crippen LogP contribution in [-0.4, -0.2) is 13.1 Å². The number of nitrogens with zero attached hydrogens (tertiary/aromatic N) is 1. The minimum absolute atomic E-state index is 0.436. The summed E-state index contributed by atoms with van der Waals surface area (Å²) in [7, 11) is 1.67. The molecule has 0 heterocycles. The highest BCUT2D eigenvalue weighted by molar-refractivity contribution is 5.90. The monoisotopic (exact) mass is 178 g/mol. The van der Waals surface area contributed by atoms with Crippen molar-refractivity contribution in [3.8, 4) is 0 Å². The minimum Gasteiger partial charge on any atom is -0.351 e. The van der Waals surface area contributed by atoms with E-state index in [4.69, 9.17) is 5.73 Å². The lowest BCUT2D eigenvalue weighted by molar-refractivity contribution is 0.255. The van der Waals surface area contributed by atoms with Gasteiger partial charge >= 0.3 is 6.03 Å². The molecule has 0 saturated carbocycles. The van der Waals surface area contributed by atoms with E-state index < -0.39 is 6.03 Å². The van der Waals surface area contributed by atoms with Crippen LogP contribution >= 0.6 is 0 Å². The van der Waals surface area contributed by atoms with E-state index in [1.807, 2.05) is 32.0 Å². The lowest BCUT2D eigenvalue weighted by Crippen LogP contribution is -2.32. The van der Waals surface area contributed by atoms with Crippen molar-refractivity contribution in [3.63, 3.8) is 0 Å². The molecule has 0 spiro atoms. The lowest BCUT2D eigenvalue weighted by atomic mass is 10.1. The van der Waals surface area contributed by atoms with Gasteiger partial charge < -0.3 is 5.73 Å². The fourth-order valence-electron chi connectivity index (χ4n) is 1.20. The van der Waals surface area contributed by atoms with Gasteiger partial charge in [-0.1, -0.05) is 12.1 Å². The van der Waals surface area contributed by atoms with E-state index in [1.165, 1.54) is 4.90 Å². The molecule has 1 aromatic rings. The van der Waals surface area contributed by atoms with E-state index in [-0.39, 0.29) is 0 Å². The first kappa shape index (κ1) is 9.58.